The predicted octanol–water partition coefficient (Wildman–Crippen LogP) is 6.12. The van der Waals surface area contributed by atoms with Gasteiger partial charge in [-0.05, 0) is 112 Å². The SMILES string of the molecule is CCCCN1CCC(CN=C(C)c2cc(C3CCC3)c(N)c(CCC)c2C)CC1. The number of benzene rings is 1. The molecule has 0 atom stereocenters. The number of piperidine rings is 1. The van der Waals surface area contributed by atoms with E-state index >= 15 is 0 Å². The second kappa shape index (κ2) is 10.6. The molecule has 0 aromatic heterocycles. The van der Waals surface area contributed by atoms with Crippen molar-refractivity contribution in [3.8, 4) is 0 Å². The van der Waals surface area contributed by atoms with Gasteiger partial charge in [0.05, 0.1) is 0 Å². The fourth-order valence-electron chi connectivity index (χ4n) is 5.01. The molecule has 2 fully saturated rings. The molecule has 0 unspecified atom stereocenters. The van der Waals surface area contributed by atoms with Crippen molar-refractivity contribution in [2.75, 3.05) is 31.9 Å². The summed E-state index contributed by atoms with van der Waals surface area (Å²) in [7, 11) is 0. The fraction of sp³-hybridized carbons (Fsp3) is 0.731. The first-order chi connectivity index (χ1) is 14.0. The zero-order valence-corrected chi connectivity index (χ0v) is 19.4. The summed E-state index contributed by atoms with van der Waals surface area (Å²) in [6, 6.07) is 2.39. The Morgan fingerprint density at radius 2 is 1.86 bits per heavy atom. The van der Waals surface area contributed by atoms with Crippen molar-refractivity contribution < 1.29 is 0 Å². The van der Waals surface area contributed by atoms with Gasteiger partial charge in [0.15, 0.2) is 0 Å². The monoisotopic (exact) mass is 397 g/mol. The number of nitrogen functional groups attached to an aromatic ring is 1. The number of aliphatic imine (C=N–C) groups is 1. The van der Waals surface area contributed by atoms with E-state index in [0.29, 0.717) is 5.92 Å². The van der Waals surface area contributed by atoms with Crippen LogP contribution in [0.1, 0.15) is 100 Å². The molecule has 1 aliphatic carbocycles. The van der Waals surface area contributed by atoms with Gasteiger partial charge in [0.1, 0.15) is 0 Å². The van der Waals surface area contributed by atoms with Gasteiger partial charge < -0.3 is 10.6 Å². The van der Waals surface area contributed by atoms with Gasteiger partial charge in [0.25, 0.3) is 0 Å². The number of likely N-dealkylation sites (tertiary alicyclic amines) is 1. The average Bonchev–Trinajstić information content (AvgIpc) is 2.69. The molecule has 162 valence electrons. The molecule has 2 aliphatic rings. The molecule has 3 rings (SSSR count). The first-order valence-electron chi connectivity index (χ1n) is 12.2. The highest BCUT2D eigenvalue weighted by atomic mass is 15.1. The minimum Gasteiger partial charge on any atom is -0.398 e. The molecule has 1 aromatic rings. The van der Waals surface area contributed by atoms with E-state index < -0.39 is 0 Å². The van der Waals surface area contributed by atoms with Gasteiger partial charge in [-0.1, -0.05) is 33.1 Å². The average molecular weight is 398 g/mol. The maximum Gasteiger partial charge on any atom is 0.0421 e. The Balaban J connectivity index is 1.71. The van der Waals surface area contributed by atoms with Crippen LogP contribution in [0.15, 0.2) is 11.1 Å². The number of nitrogens with two attached hydrogens (primary N) is 1. The predicted molar refractivity (Wildman–Crippen MR) is 127 cm³/mol. The number of nitrogens with zero attached hydrogens (tertiary/aromatic N) is 2. The Morgan fingerprint density at radius 1 is 1.14 bits per heavy atom. The van der Waals surface area contributed by atoms with Gasteiger partial charge in [0.2, 0.25) is 0 Å². The van der Waals surface area contributed by atoms with Gasteiger partial charge in [0, 0.05) is 17.9 Å². The number of anilines is 1. The molecule has 0 amide bonds. The van der Waals surface area contributed by atoms with E-state index in [9.17, 15) is 0 Å². The molecule has 3 nitrogen and oxygen atoms in total. The molecule has 3 heteroatoms. The lowest BCUT2D eigenvalue weighted by Gasteiger charge is -2.31. The summed E-state index contributed by atoms with van der Waals surface area (Å²) in [5, 5.41) is 0. The Bertz CT molecular complexity index is 694. The van der Waals surface area contributed by atoms with Crippen LogP contribution in [0.2, 0.25) is 0 Å². The van der Waals surface area contributed by atoms with E-state index in [0.717, 1.165) is 31.0 Å². The number of unbranched alkanes of at least 4 members (excludes halogenated alkanes) is 1. The van der Waals surface area contributed by atoms with E-state index in [1.165, 1.54) is 92.5 Å². The third-order valence-corrected chi connectivity index (χ3v) is 7.35. The maximum atomic E-state index is 6.64. The van der Waals surface area contributed by atoms with E-state index in [2.05, 4.69) is 38.7 Å². The lowest BCUT2D eigenvalue weighted by atomic mass is 9.76. The van der Waals surface area contributed by atoms with Crippen LogP contribution in [0.3, 0.4) is 0 Å². The Labute approximate surface area is 179 Å². The van der Waals surface area contributed by atoms with Crippen molar-refractivity contribution in [1.29, 1.82) is 0 Å². The largest absolute Gasteiger partial charge is 0.398 e. The fourth-order valence-corrected chi connectivity index (χ4v) is 5.01. The van der Waals surface area contributed by atoms with E-state index in [1.807, 2.05) is 0 Å². The molecular weight excluding hydrogens is 354 g/mol. The topological polar surface area (TPSA) is 41.6 Å². The minimum atomic E-state index is 0.671. The van der Waals surface area contributed by atoms with Crippen molar-refractivity contribution in [2.45, 2.75) is 91.4 Å². The highest BCUT2D eigenvalue weighted by molar-refractivity contribution is 6.01. The van der Waals surface area contributed by atoms with Crippen LogP contribution >= 0.6 is 0 Å². The van der Waals surface area contributed by atoms with Crippen LogP contribution < -0.4 is 5.73 Å². The van der Waals surface area contributed by atoms with Crippen molar-refractivity contribution >= 4 is 11.4 Å². The maximum absolute atomic E-state index is 6.64. The summed E-state index contributed by atoms with van der Waals surface area (Å²) in [4.78, 5) is 7.74. The zero-order valence-electron chi connectivity index (χ0n) is 19.4. The molecule has 0 bridgehead atoms. The first kappa shape index (κ1) is 22.3. The van der Waals surface area contributed by atoms with Crippen molar-refractivity contribution in [1.82, 2.24) is 4.90 Å². The highest BCUT2D eigenvalue weighted by Crippen LogP contribution is 2.42. The molecule has 2 N–H and O–H groups in total. The first-order valence-corrected chi connectivity index (χ1v) is 12.2. The van der Waals surface area contributed by atoms with E-state index in [4.69, 9.17) is 10.7 Å². The second-order valence-electron chi connectivity index (χ2n) is 9.47. The number of hydrogen-bond acceptors (Lipinski definition) is 3. The molecule has 1 saturated carbocycles. The Morgan fingerprint density at radius 3 is 2.45 bits per heavy atom. The van der Waals surface area contributed by atoms with Crippen LogP contribution in [-0.2, 0) is 6.42 Å². The van der Waals surface area contributed by atoms with Crippen LogP contribution in [-0.4, -0.2) is 36.8 Å². The van der Waals surface area contributed by atoms with Gasteiger partial charge >= 0.3 is 0 Å². The van der Waals surface area contributed by atoms with Gasteiger partial charge in [-0.15, -0.1) is 0 Å². The summed E-state index contributed by atoms with van der Waals surface area (Å²) in [6.07, 6.45) is 11.4. The quantitative estimate of drug-likeness (QED) is 0.403. The Kier molecular flexibility index (Phi) is 8.17. The third-order valence-electron chi connectivity index (χ3n) is 7.35. The van der Waals surface area contributed by atoms with Crippen molar-refractivity contribution in [3.63, 3.8) is 0 Å². The molecule has 0 spiro atoms. The zero-order chi connectivity index (χ0) is 20.8. The van der Waals surface area contributed by atoms with Crippen LogP contribution in [0.4, 0.5) is 5.69 Å². The molecule has 1 saturated heterocycles. The van der Waals surface area contributed by atoms with E-state index in [-0.39, 0.29) is 0 Å². The molecule has 29 heavy (non-hydrogen) atoms. The summed E-state index contributed by atoms with van der Waals surface area (Å²) in [5.41, 5.74) is 14.4. The summed E-state index contributed by atoms with van der Waals surface area (Å²) < 4.78 is 0. The van der Waals surface area contributed by atoms with Crippen molar-refractivity contribution in [2.24, 2.45) is 10.9 Å². The number of rotatable bonds is 9. The van der Waals surface area contributed by atoms with Crippen LogP contribution in [0, 0.1) is 12.8 Å². The smallest absolute Gasteiger partial charge is 0.0421 e. The van der Waals surface area contributed by atoms with Crippen molar-refractivity contribution in [3.05, 3.63) is 28.3 Å². The molecule has 1 aliphatic heterocycles. The normalized spacial score (nSPS) is 19.5. The molecular formula is C26H43N3. The summed E-state index contributed by atoms with van der Waals surface area (Å²) in [5.74, 6) is 1.42. The summed E-state index contributed by atoms with van der Waals surface area (Å²) in [6.45, 7) is 13.8. The van der Waals surface area contributed by atoms with Gasteiger partial charge in [-0.2, -0.15) is 0 Å². The van der Waals surface area contributed by atoms with Crippen LogP contribution in [0.5, 0.6) is 0 Å². The van der Waals surface area contributed by atoms with Crippen LogP contribution in [0.25, 0.3) is 0 Å². The number of hydrogen-bond donors (Lipinski definition) is 1. The standard InChI is InChI=1S/C26H43N3/c1-5-7-14-29-15-12-21(13-16-29)18-28-20(4)24-17-25(22-10-8-11-22)26(27)23(9-6-2)19(24)3/h17,21-22H,5-16,18,27H2,1-4H3. The van der Waals surface area contributed by atoms with E-state index in [1.54, 1.807) is 0 Å². The second-order valence-corrected chi connectivity index (χ2v) is 9.47. The van der Waals surface area contributed by atoms with Gasteiger partial charge in [-0.25, -0.2) is 0 Å². The highest BCUT2D eigenvalue weighted by Gasteiger charge is 2.25. The van der Waals surface area contributed by atoms with Gasteiger partial charge in [-0.3, -0.25) is 4.99 Å². The Hall–Kier alpha value is -1.35. The lowest BCUT2D eigenvalue weighted by molar-refractivity contribution is 0.185. The molecule has 0 radical (unpaired) electrons. The third kappa shape index (κ3) is 5.42. The molecule has 1 aromatic carbocycles. The minimum absolute atomic E-state index is 0.671. The lowest BCUT2D eigenvalue weighted by Crippen LogP contribution is -2.35. The summed E-state index contributed by atoms with van der Waals surface area (Å²) >= 11 is 0. The molecule has 1 heterocycles.